The zero-order valence-corrected chi connectivity index (χ0v) is 18.3. The summed E-state index contributed by atoms with van der Waals surface area (Å²) in [6, 6.07) is 20.0. The molecule has 0 saturated heterocycles. The number of methoxy groups -OCH3 is 2. The molecule has 0 heterocycles. The van der Waals surface area contributed by atoms with Crippen molar-refractivity contribution >= 4 is 27.3 Å². The normalized spacial score (nSPS) is 10.9. The van der Waals surface area contributed by atoms with E-state index in [1.54, 1.807) is 67.6 Å². The highest BCUT2D eigenvalue weighted by Crippen LogP contribution is 2.28. The summed E-state index contributed by atoms with van der Waals surface area (Å²) in [6.45, 7) is 1.36. The van der Waals surface area contributed by atoms with Crippen LogP contribution in [0.1, 0.15) is 5.56 Å². The van der Waals surface area contributed by atoms with Gasteiger partial charge in [0.1, 0.15) is 18.0 Å². The number of sulfonamides is 1. The molecule has 7 nitrogen and oxygen atoms in total. The van der Waals surface area contributed by atoms with E-state index in [1.807, 2.05) is 0 Å². The molecule has 3 rings (SSSR count). The van der Waals surface area contributed by atoms with Crippen LogP contribution >= 0.6 is 0 Å². The number of rotatable bonds is 8. The number of nitrogens with zero attached hydrogens (tertiary/aromatic N) is 1. The van der Waals surface area contributed by atoms with Gasteiger partial charge in [0.15, 0.2) is 0 Å². The molecule has 0 aliphatic heterocycles. The molecule has 0 aliphatic carbocycles. The number of amides is 1. The van der Waals surface area contributed by atoms with E-state index in [-0.39, 0.29) is 4.90 Å². The van der Waals surface area contributed by atoms with Crippen molar-refractivity contribution in [2.75, 3.05) is 30.4 Å². The van der Waals surface area contributed by atoms with Gasteiger partial charge >= 0.3 is 0 Å². The van der Waals surface area contributed by atoms with Gasteiger partial charge in [0, 0.05) is 0 Å². The lowest BCUT2D eigenvalue weighted by Crippen LogP contribution is -2.38. The van der Waals surface area contributed by atoms with E-state index in [0.29, 0.717) is 28.4 Å². The Balaban J connectivity index is 1.95. The lowest BCUT2D eigenvalue weighted by Gasteiger charge is -2.24. The summed E-state index contributed by atoms with van der Waals surface area (Å²) in [6.07, 6.45) is 0. The van der Waals surface area contributed by atoms with Gasteiger partial charge < -0.3 is 14.8 Å². The molecular weight excluding hydrogens is 416 g/mol. The Morgan fingerprint density at radius 3 is 2.19 bits per heavy atom. The van der Waals surface area contributed by atoms with E-state index in [1.165, 1.54) is 26.4 Å². The second-order valence-electron chi connectivity index (χ2n) is 6.73. The molecule has 0 atom stereocenters. The monoisotopic (exact) mass is 440 g/mol. The second kappa shape index (κ2) is 9.53. The molecule has 0 spiro atoms. The van der Waals surface area contributed by atoms with Crippen LogP contribution in [0.2, 0.25) is 0 Å². The number of para-hydroxylation sites is 3. The Morgan fingerprint density at radius 1 is 0.903 bits per heavy atom. The first-order valence-electron chi connectivity index (χ1n) is 9.52. The van der Waals surface area contributed by atoms with Crippen LogP contribution in [-0.4, -0.2) is 35.1 Å². The van der Waals surface area contributed by atoms with Crippen LogP contribution in [0, 0.1) is 6.92 Å². The number of anilines is 2. The van der Waals surface area contributed by atoms with E-state index < -0.39 is 22.5 Å². The van der Waals surface area contributed by atoms with E-state index in [9.17, 15) is 13.2 Å². The third-order valence-corrected chi connectivity index (χ3v) is 6.44. The average Bonchev–Trinajstić information content (AvgIpc) is 2.78. The van der Waals surface area contributed by atoms with E-state index in [4.69, 9.17) is 9.47 Å². The zero-order chi connectivity index (χ0) is 22.4. The molecule has 31 heavy (non-hydrogen) atoms. The van der Waals surface area contributed by atoms with Crippen LogP contribution in [-0.2, 0) is 14.8 Å². The molecule has 0 bridgehead atoms. The van der Waals surface area contributed by atoms with Gasteiger partial charge in [-0.15, -0.1) is 0 Å². The van der Waals surface area contributed by atoms with Crippen LogP contribution in [0.3, 0.4) is 0 Å². The molecular formula is C23H24N2O5S. The Kier molecular flexibility index (Phi) is 6.81. The van der Waals surface area contributed by atoms with Crippen LogP contribution < -0.4 is 19.1 Å². The van der Waals surface area contributed by atoms with E-state index in [0.717, 1.165) is 4.31 Å². The van der Waals surface area contributed by atoms with Crippen molar-refractivity contribution in [3.8, 4) is 11.5 Å². The molecule has 3 aromatic rings. The average molecular weight is 441 g/mol. The van der Waals surface area contributed by atoms with Gasteiger partial charge in [-0.1, -0.05) is 30.3 Å². The van der Waals surface area contributed by atoms with Gasteiger partial charge in [0.25, 0.3) is 10.0 Å². The van der Waals surface area contributed by atoms with Gasteiger partial charge in [0.05, 0.1) is 30.5 Å². The maximum Gasteiger partial charge on any atom is 0.264 e. The standard InChI is InChI=1S/C23H24N2O5S/c1-17-15-19(13-14-21(17)29-2)31(27,28)25(18-9-5-4-6-10-18)16-23(26)24-20-11-7-8-12-22(20)30-3/h4-15H,16H2,1-3H3,(H,24,26). The maximum atomic E-state index is 13.5. The van der Waals surface area contributed by atoms with Crippen molar-refractivity contribution in [1.29, 1.82) is 0 Å². The number of carbonyl (C=O) groups excluding carboxylic acids is 1. The number of benzene rings is 3. The van der Waals surface area contributed by atoms with Gasteiger partial charge in [-0.2, -0.15) is 0 Å². The number of hydrogen-bond donors (Lipinski definition) is 1. The molecule has 1 N–H and O–H groups in total. The highest BCUT2D eigenvalue weighted by molar-refractivity contribution is 7.92. The molecule has 0 unspecified atom stereocenters. The molecule has 0 saturated carbocycles. The fraction of sp³-hybridized carbons (Fsp3) is 0.174. The maximum absolute atomic E-state index is 13.5. The molecule has 0 aliphatic rings. The Labute approximate surface area is 182 Å². The quantitative estimate of drug-likeness (QED) is 0.575. The van der Waals surface area contributed by atoms with Gasteiger partial charge in [-0.05, 0) is 55.0 Å². The van der Waals surface area contributed by atoms with Crippen LogP contribution in [0.15, 0.2) is 77.7 Å². The topological polar surface area (TPSA) is 84.9 Å². The fourth-order valence-corrected chi connectivity index (χ4v) is 4.62. The first kappa shape index (κ1) is 22.2. The Morgan fingerprint density at radius 2 is 1.55 bits per heavy atom. The lowest BCUT2D eigenvalue weighted by atomic mass is 10.2. The van der Waals surface area contributed by atoms with Crippen molar-refractivity contribution in [1.82, 2.24) is 0 Å². The summed E-state index contributed by atoms with van der Waals surface area (Å²) >= 11 is 0. The van der Waals surface area contributed by atoms with Crippen molar-refractivity contribution in [2.45, 2.75) is 11.8 Å². The summed E-state index contributed by atoms with van der Waals surface area (Å²) in [5.74, 6) is 0.567. The lowest BCUT2D eigenvalue weighted by molar-refractivity contribution is -0.114. The van der Waals surface area contributed by atoms with Gasteiger partial charge in [-0.25, -0.2) is 8.42 Å². The van der Waals surface area contributed by atoms with E-state index in [2.05, 4.69) is 5.32 Å². The minimum absolute atomic E-state index is 0.0692. The molecule has 1 amide bonds. The highest BCUT2D eigenvalue weighted by Gasteiger charge is 2.28. The third-order valence-electron chi connectivity index (χ3n) is 4.67. The number of nitrogens with one attached hydrogen (secondary N) is 1. The SMILES string of the molecule is COc1ccc(S(=O)(=O)N(CC(=O)Nc2ccccc2OC)c2ccccc2)cc1C. The molecule has 0 radical (unpaired) electrons. The van der Waals surface area contributed by atoms with Gasteiger partial charge in [0.2, 0.25) is 5.91 Å². The minimum atomic E-state index is -4.02. The molecule has 0 aromatic heterocycles. The molecule has 0 fully saturated rings. The van der Waals surface area contributed by atoms with Crippen LogP contribution in [0.5, 0.6) is 11.5 Å². The zero-order valence-electron chi connectivity index (χ0n) is 17.5. The van der Waals surface area contributed by atoms with Crippen LogP contribution in [0.25, 0.3) is 0 Å². The highest BCUT2D eigenvalue weighted by atomic mass is 32.2. The Hall–Kier alpha value is -3.52. The van der Waals surface area contributed by atoms with E-state index >= 15 is 0 Å². The second-order valence-corrected chi connectivity index (χ2v) is 8.59. The first-order chi connectivity index (χ1) is 14.9. The van der Waals surface area contributed by atoms with Gasteiger partial charge in [-0.3, -0.25) is 9.10 Å². The summed E-state index contributed by atoms with van der Waals surface area (Å²) in [5.41, 5.74) is 1.52. The molecule has 3 aromatic carbocycles. The predicted octanol–water partition coefficient (Wildman–Crippen LogP) is 3.85. The summed E-state index contributed by atoms with van der Waals surface area (Å²) in [7, 11) is -0.998. The van der Waals surface area contributed by atoms with Crippen molar-refractivity contribution in [3.63, 3.8) is 0 Å². The van der Waals surface area contributed by atoms with Crippen molar-refractivity contribution in [2.24, 2.45) is 0 Å². The summed E-state index contributed by atoms with van der Waals surface area (Å²) in [4.78, 5) is 12.9. The molecule has 162 valence electrons. The number of aryl methyl sites for hydroxylation is 1. The van der Waals surface area contributed by atoms with Crippen molar-refractivity contribution in [3.05, 3.63) is 78.4 Å². The number of carbonyl (C=O) groups is 1. The van der Waals surface area contributed by atoms with Crippen LogP contribution in [0.4, 0.5) is 11.4 Å². The number of ether oxygens (including phenoxy) is 2. The number of hydrogen-bond acceptors (Lipinski definition) is 5. The summed E-state index contributed by atoms with van der Waals surface area (Å²) < 4.78 is 38.5. The fourth-order valence-electron chi connectivity index (χ4n) is 3.12. The Bertz CT molecular complexity index is 1160. The smallest absolute Gasteiger partial charge is 0.264 e. The van der Waals surface area contributed by atoms with Crippen molar-refractivity contribution < 1.29 is 22.7 Å². The third kappa shape index (κ3) is 4.97. The summed E-state index contributed by atoms with van der Waals surface area (Å²) in [5, 5.41) is 2.72. The largest absolute Gasteiger partial charge is 0.496 e. The predicted molar refractivity (Wildman–Crippen MR) is 120 cm³/mol. The first-order valence-corrected chi connectivity index (χ1v) is 11.0. The minimum Gasteiger partial charge on any atom is -0.496 e. The molecule has 8 heteroatoms.